The van der Waals surface area contributed by atoms with Gasteiger partial charge in [-0.15, -0.1) is 0 Å². The van der Waals surface area contributed by atoms with Crippen molar-refractivity contribution < 1.29 is 23.9 Å². The fourth-order valence-corrected chi connectivity index (χ4v) is 2.10. The fourth-order valence-electron chi connectivity index (χ4n) is 1.61. The Kier molecular flexibility index (Phi) is 8.73. The van der Waals surface area contributed by atoms with Crippen LogP contribution >= 0.6 is 23.2 Å². The van der Waals surface area contributed by atoms with Crippen molar-refractivity contribution in [1.29, 1.82) is 0 Å². The quantitative estimate of drug-likeness (QED) is 0.560. The highest BCUT2D eigenvalue weighted by Crippen LogP contribution is 2.20. The largest absolute Gasteiger partial charge is 0.454 e. The summed E-state index contributed by atoms with van der Waals surface area (Å²) in [6.45, 7) is 0.973. The molecule has 0 aliphatic heterocycles. The Hall–Kier alpha value is -2.32. The molecule has 0 unspecified atom stereocenters. The number of hydrogen-bond acceptors (Lipinski definition) is 5. The minimum Gasteiger partial charge on any atom is -0.454 e. The van der Waals surface area contributed by atoms with Crippen molar-refractivity contribution in [1.82, 2.24) is 16.0 Å². The van der Waals surface area contributed by atoms with E-state index in [2.05, 4.69) is 20.7 Å². The Balaban J connectivity index is 2.31. The molecule has 8 nitrogen and oxygen atoms in total. The standard InChI is InChI=1S/C15H17Cl2N3O5/c1-2-18-12(21)6-19-13(22)8-25-14(23)7-20-15(24)10-4-3-9(16)5-11(10)17/h3-5H,2,6-8H2,1H3,(H,18,21)(H,19,22)(H,20,24). The lowest BCUT2D eigenvalue weighted by Gasteiger charge is -2.08. The molecule has 1 aromatic rings. The van der Waals surface area contributed by atoms with Crippen LogP contribution < -0.4 is 16.0 Å². The first kappa shape index (κ1) is 20.7. The van der Waals surface area contributed by atoms with Gasteiger partial charge in [-0.25, -0.2) is 0 Å². The van der Waals surface area contributed by atoms with E-state index in [-0.39, 0.29) is 23.0 Å². The molecule has 0 saturated carbocycles. The van der Waals surface area contributed by atoms with E-state index >= 15 is 0 Å². The van der Waals surface area contributed by atoms with Crippen molar-refractivity contribution in [3.63, 3.8) is 0 Å². The van der Waals surface area contributed by atoms with E-state index in [0.717, 1.165) is 0 Å². The number of halogens is 2. The molecule has 1 aromatic carbocycles. The minimum atomic E-state index is -0.813. The van der Waals surface area contributed by atoms with Gasteiger partial charge in [0.1, 0.15) is 6.54 Å². The molecule has 0 spiro atoms. The van der Waals surface area contributed by atoms with Crippen molar-refractivity contribution in [3.05, 3.63) is 33.8 Å². The van der Waals surface area contributed by atoms with E-state index in [9.17, 15) is 19.2 Å². The molecule has 10 heteroatoms. The van der Waals surface area contributed by atoms with Crippen molar-refractivity contribution >= 4 is 46.9 Å². The van der Waals surface area contributed by atoms with Crippen LogP contribution in [0.1, 0.15) is 17.3 Å². The third-order valence-corrected chi connectivity index (χ3v) is 3.30. The summed E-state index contributed by atoms with van der Waals surface area (Å²) < 4.78 is 4.68. The minimum absolute atomic E-state index is 0.142. The van der Waals surface area contributed by atoms with Gasteiger partial charge in [0, 0.05) is 11.6 Å². The molecule has 3 N–H and O–H groups in total. The fraction of sp³-hybridized carbons (Fsp3) is 0.333. The smallest absolute Gasteiger partial charge is 0.325 e. The predicted molar refractivity (Wildman–Crippen MR) is 91.4 cm³/mol. The van der Waals surface area contributed by atoms with E-state index in [1.54, 1.807) is 6.92 Å². The second kappa shape index (κ2) is 10.5. The van der Waals surface area contributed by atoms with Crippen LogP contribution in [-0.2, 0) is 19.1 Å². The molecule has 0 aromatic heterocycles. The van der Waals surface area contributed by atoms with E-state index in [1.165, 1.54) is 18.2 Å². The molecule has 1 rings (SSSR count). The first-order chi connectivity index (χ1) is 11.8. The number of carbonyl (C=O) groups is 4. The van der Waals surface area contributed by atoms with E-state index in [4.69, 9.17) is 23.2 Å². The summed E-state index contributed by atoms with van der Waals surface area (Å²) in [4.78, 5) is 46.0. The lowest BCUT2D eigenvalue weighted by molar-refractivity contribution is -0.147. The number of amides is 3. The van der Waals surface area contributed by atoms with Gasteiger partial charge in [-0.05, 0) is 25.1 Å². The van der Waals surface area contributed by atoms with Crippen molar-refractivity contribution in [2.75, 3.05) is 26.2 Å². The van der Waals surface area contributed by atoms with Gasteiger partial charge in [-0.1, -0.05) is 23.2 Å². The van der Waals surface area contributed by atoms with Gasteiger partial charge >= 0.3 is 5.97 Å². The zero-order valence-corrected chi connectivity index (χ0v) is 14.9. The van der Waals surface area contributed by atoms with Gasteiger partial charge in [0.05, 0.1) is 17.1 Å². The molecule has 25 heavy (non-hydrogen) atoms. The predicted octanol–water partition coefficient (Wildman–Crippen LogP) is 0.519. The van der Waals surface area contributed by atoms with Crippen molar-refractivity contribution in [2.45, 2.75) is 6.92 Å². The Morgan fingerprint density at radius 3 is 2.36 bits per heavy atom. The number of likely N-dealkylation sites (N-methyl/N-ethyl adjacent to an activating group) is 1. The first-order valence-electron chi connectivity index (χ1n) is 7.25. The van der Waals surface area contributed by atoms with Crippen molar-refractivity contribution in [3.8, 4) is 0 Å². The molecule has 136 valence electrons. The van der Waals surface area contributed by atoms with Crippen LogP contribution in [0.2, 0.25) is 10.0 Å². The monoisotopic (exact) mass is 389 g/mol. The van der Waals surface area contributed by atoms with Crippen LogP contribution in [0.4, 0.5) is 0 Å². The Morgan fingerprint density at radius 2 is 1.72 bits per heavy atom. The summed E-state index contributed by atoms with van der Waals surface area (Å²) in [5, 5.41) is 7.60. The maximum absolute atomic E-state index is 11.9. The summed E-state index contributed by atoms with van der Waals surface area (Å²) in [7, 11) is 0. The summed E-state index contributed by atoms with van der Waals surface area (Å²) in [5.41, 5.74) is 0.151. The maximum Gasteiger partial charge on any atom is 0.325 e. The van der Waals surface area contributed by atoms with Gasteiger partial charge in [0.2, 0.25) is 5.91 Å². The maximum atomic E-state index is 11.9. The molecule has 0 heterocycles. The summed E-state index contributed by atoms with van der Waals surface area (Å²) >= 11 is 11.6. The molecule has 0 radical (unpaired) electrons. The first-order valence-corrected chi connectivity index (χ1v) is 8.01. The number of benzene rings is 1. The van der Waals surface area contributed by atoms with Crippen LogP contribution in [0, 0.1) is 0 Å². The third kappa shape index (κ3) is 7.86. The molecule has 3 amide bonds. The van der Waals surface area contributed by atoms with Crippen LogP contribution in [0.25, 0.3) is 0 Å². The summed E-state index contributed by atoms with van der Waals surface area (Å²) in [5.74, 6) is -2.38. The molecule has 0 saturated heterocycles. The van der Waals surface area contributed by atoms with E-state index in [1.807, 2.05) is 0 Å². The van der Waals surface area contributed by atoms with Gasteiger partial charge in [-0.2, -0.15) is 0 Å². The Bertz CT molecular complexity index is 667. The third-order valence-electron chi connectivity index (χ3n) is 2.75. The molecule has 0 aliphatic carbocycles. The van der Waals surface area contributed by atoms with Gasteiger partial charge in [-0.3, -0.25) is 19.2 Å². The molecule has 0 atom stereocenters. The zero-order chi connectivity index (χ0) is 18.8. The molecule has 0 bridgehead atoms. The normalized spacial score (nSPS) is 9.88. The second-order valence-electron chi connectivity index (χ2n) is 4.70. The van der Waals surface area contributed by atoms with E-state index in [0.29, 0.717) is 11.6 Å². The lowest BCUT2D eigenvalue weighted by Crippen LogP contribution is -2.39. The van der Waals surface area contributed by atoms with Crippen LogP contribution in [0.5, 0.6) is 0 Å². The van der Waals surface area contributed by atoms with Gasteiger partial charge in [0.25, 0.3) is 11.8 Å². The number of ether oxygens (including phenoxy) is 1. The van der Waals surface area contributed by atoms with Gasteiger partial charge in [0.15, 0.2) is 6.61 Å². The highest BCUT2D eigenvalue weighted by molar-refractivity contribution is 6.36. The average Bonchev–Trinajstić information content (AvgIpc) is 2.56. The topological polar surface area (TPSA) is 114 Å². The average molecular weight is 390 g/mol. The number of carbonyl (C=O) groups excluding carboxylic acids is 4. The molecular formula is C15H17Cl2N3O5. The zero-order valence-electron chi connectivity index (χ0n) is 13.4. The molecule has 0 fully saturated rings. The Morgan fingerprint density at radius 1 is 1.00 bits per heavy atom. The van der Waals surface area contributed by atoms with Crippen LogP contribution in [-0.4, -0.2) is 49.9 Å². The highest BCUT2D eigenvalue weighted by atomic mass is 35.5. The van der Waals surface area contributed by atoms with Crippen LogP contribution in [0.3, 0.4) is 0 Å². The van der Waals surface area contributed by atoms with Crippen LogP contribution in [0.15, 0.2) is 18.2 Å². The van der Waals surface area contributed by atoms with Crippen molar-refractivity contribution in [2.24, 2.45) is 0 Å². The SMILES string of the molecule is CCNC(=O)CNC(=O)COC(=O)CNC(=O)c1ccc(Cl)cc1Cl. The summed E-state index contributed by atoms with van der Waals surface area (Å²) in [6.07, 6.45) is 0. The highest BCUT2D eigenvalue weighted by Gasteiger charge is 2.13. The Labute approximate surface area is 154 Å². The number of esters is 1. The molecule has 0 aliphatic rings. The number of nitrogens with one attached hydrogen (secondary N) is 3. The number of rotatable bonds is 8. The van der Waals surface area contributed by atoms with E-state index < -0.39 is 30.9 Å². The summed E-state index contributed by atoms with van der Waals surface area (Å²) in [6, 6.07) is 4.30. The second-order valence-corrected chi connectivity index (χ2v) is 5.54. The number of hydrogen-bond donors (Lipinski definition) is 3. The van der Waals surface area contributed by atoms with Gasteiger partial charge < -0.3 is 20.7 Å². The lowest BCUT2D eigenvalue weighted by atomic mass is 10.2. The molecular weight excluding hydrogens is 373 g/mol.